The van der Waals surface area contributed by atoms with Gasteiger partial charge in [0.2, 0.25) is 0 Å². The molecule has 0 unspecified atom stereocenters. The van der Waals surface area contributed by atoms with Gasteiger partial charge in [-0.15, -0.1) is 0 Å². The standard InChI is InChI=1S/C33H29NS2/c35-32(26-14-5-1-6-15-26,27-16-7-2-8-17-27)24-30-22-13-23-31(34-30)25-33(36,28-18-9-3-10-19-28)29-20-11-4-12-21-29/h1-23,35-36H,24-25H2/p-2. The molecular formula is C33H27NS2-2. The van der Waals surface area contributed by atoms with Crippen LogP contribution in [0.25, 0.3) is 0 Å². The Labute approximate surface area is 225 Å². The molecule has 0 aliphatic carbocycles. The number of pyridine rings is 1. The molecular weight excluding hydrogens is 475 g/mol. The molecule has 0 amide bonds. The van der Waals surface area contributed by atoms with Crippen LogP contribution in [0.4, 0.5) is 0 Å². The first-order valence-corrected chi connectivity index (χ1v) is 13.0. The van der Waals surface area contributed by atoms with Crippen molar-refractivity contribution in [2.75, 3.05) is 0 Å². The molecule has 0 bridgehead atoms. The van der Waals surface area contributed by atoms with E-state index < -0.39 is 9.49 Å². The lowest BCUT2D eigenvalue weighted by Gasteiger charge is -2.43. The van der Waals surface area contributed by atoms with Crippen molar-refractivity contribution in [3.05, 3.63) is 173 Å². The summed E-state index contributed by atoms with van der Waals surface area (Å²) in [6.07, 6.45) is 1.23. The van der Waals surface area contributed by atoms with E-state index in [1.165, 1.54) is 0 Å². The van der Waals surface area contributed by atoms with Crippen LogP contribution < -0.4 is 0 Å². The number of hydrogen-bond donors (Lipinski definition) is 0. The molecule has 0 saturated carbocycles. The molecule has 1 heterocycles. The highest BCUT2D eigenvalue weighted by Gasteiger charge is 2.24. The zero-order valence-corrected chi connectivity index (χ0v) is 21.6. The van der Waals surface area contributed by atoms with Gasteiger partial charge in [0.05, 0.1) is 0 Å². The summed E-state index contributed by atoms with van der Waals surface area (Å²) in [5.74, 6) is 0. The van der Waals surface area contributed by atoms with Crippen molar-refractivity contribution in [2.24, 2.45) is 0 Å². The van der Waals surface area contributed by atoms with Crippen molar-refractivity contribution in [2.45, 2.75) is 22.3 Å². The summed E-state index contributed by atoms with van der Waals surface area (Å²) in [5, 5.41) is 0. The molecule has 0 aliphatic heterocycles. The third-order valence-corrected chi connectivity index (χ3v) is 7.92. The third kappa shape index (κ3) is 5.13. The number of aromatic nitrogens is 1. The second-order valence-electron chi connectivity index (χ2n) is 9.09. The minimum Gasteiger partial charge on any atom is -0.776 e. The van der Waals surface area contributed by atoms with Gasteiger partial charge in [0.25, 0.3) is 0 Å². The van der Waals surface area contributed by atoms with Crippen LogP contribution in [0.2, 0.25) is 0 Å². The minimum absolute atomic E-state index is 0.613. The van der Waals surface area contributed by atoms with Gasteiger partial charge in [-0.1, -0.05) is 159 Å². The highest BCUT2D eigenvalue weighted by atomic mass is 32.1. The predicted octanol–water partition coefficient (Wildman–Crippen LogP) is 7.15. The van der Waals surface area contributed by atoms with Gasteiger partial charge in [-0.25, -0.2) is 0 Å². The molecule has 5 aromatic rings. The Morgan fingerprint density at radius 3 is 0.944 bits per heavy atom. The average molecular weight is 502 g/mol. The molecule has 5 rings (SSSR count). The molecule has 1 nitrogen and oxygen atoms in total. The maximum absolute atomic E-state index is 6.36. The van der Waals surface area contributed by atoms with E-state index in [0.29, 0.717) is 12.8 Å². The smallest absolute Gasteiger partial charge is 0.0399 e. The zero-order valence-electron chi connectivity index (χ0n) is 20.0. The van der Waals surface area contributed by atoms with E-state index in [1.807, 2.05) is 24.3 Å². The second kappa shape index (κ2) is 10.8. The lowest BCUT2D eigenvalue weighted by molar-refractivity contribution is 0.693. The number of hydrogen-bond acceptors (Lipinski definition) is 3. The lowest BCUT2D eigenvalue weighted by Crippen LogP contribution is -2.29. The van der Waals surface area contributed by atoms with E-state index in [1.54, 1.807) is 0 Å². The second-order valence-corrected chi connectivity index (χ2v) is 10.5. The minimum atomic E-state index is -0.613. The van der Waals surface area contributed by atoms with E-state index in [4.69, 9.17) is 30.2 Å². The van der Waals surface area contributed by atoms with Crippen LogP contribution in [0.15, 0.2) is 140 Å². The van der Waals surface area contributed by atoms with Crippen molar-refractivity contribution >= 4 is 25.3 Å². The first kappa shape index (κ1) is 24.4. The summed E-state index contributed by atoms with van der Waals surface area (Å²) >= 11 is 12.7. The maximum Gasteiger partial charge on any atom is 0.0399 e. The van der Waals surface area contributed by atoms with Crippen LogP contribution in [0.5, 0.6) is 0 Å². The molecule has 36 heavy (non-hydrogen) atoms. The summed E-state index contributed by atoms with van der Waals surface area (Å²) in [6, 6.07) is 47.7. The summed E-state index contributed by atoms with van der Waals surface area (Å²) in [7, 11) is 0. The van der Waals surface area contributed by atoms with E-state index in [0.717, 1.165) is 33.6 Å². The first-order chi connectivity index (χ1) is 17.6. The van der Waals surface area contributed by atoms with Gasteiger partial charge in [-0.05, 0) is 25.0 Å². The van der Waals surface area contributed by atoms with Crippen LogP contribution in [0.3, 0.4) is 0 Å². The zero-order chi connectivity index (χ0) is 24.8. The number of benzene rings is 4. The average Bonchev–Trinajstić information content (AvgIpc) is 2.95. The predicted molar refractivity (Wildman–Crippen MR) is 154 cm³/mol. The molecule has 3 heteroatoms. The van der Waals surface area contributed by atoms with Gasteiger partial charge in [0.15, 0.2) is 0 Å². The van der Waals surface area contributed by atoms with Crippen LogP contribution in [0, 0.1) is 0 Å². The molecule has 0 spiro atoms. The third-order valence-electron chi connectivity index (χ3n) is 6.68. The first-order valence-electron chi connectivity index (χ1n) is 12.2. The van der Waals surface area contributed by atoms with Gasteiger partial charge in [0.1, 0.15) is 0 Å². The Hall–Kier alpha value is -3.27. The SMILES string of the molecule is [S-]C(Cc1cccc(CC([S-])(c2ccccc2)c2ccccc2)n1)(c1ccccc1)c1ccccc1. The molecule has 0 aliphatic rings. The highest BCUT2D eigenvalue weighted by Crippen LogP contribution is 2.36. The van der Waals surface area contributed by atoms with Crippen LogP contribution in [0.1, 0.15) is 33.6 Å². The van der Waals surface area contributed by atoms with Crippen molar-refractivity contribution in [1.82, 2.24) is 4.98 Å². The molecule has 0 fully saturated rings. The Balaban J connectivity index is 1.52. The van der Waals surface area contributed by atoms with Crippen LogP contribution >= 0.6 is 0 Å². The Morgan fingerprint density at radius 2 is 0.667 bits per heavy atom. The largest absolute Gasteiger partial charge is 0.776 e. The van der Waals surface area contributed by atoms with Gasteiger partial charge in [-0.3, -0.25) is 4.98 Å². The van der Waals surface area contributed by atoms with Gasteiger partial charge in [0, 0.05) is 11.4 Å². The van der Waals surface area contributed by atoms with E-state index >= 15 is 0 Å². The van der Waals surface area contributed by atoms with Crippen molar-refractivity contribution in [3.8, 4) is 0 Å². The van der Waals surface area contributed by atoms with Gasteiger partial charge in [-0.2, -0.15) is 0 Å². The fourth-order valence-corrected chi connectivity index (χ4v) is 5.65. The van der Waals surface area contributed by atoms with Crippen molar-refractivity contribution in [1.29, 1.82) is 0 Å². The topological polar surface area (TPSA) is 12.9 Å². The molecule has 4 aromatic carbocycles. The molecule has 0 saturated heterocycles. The molecule has 0 atom stereocenters. The van der Waals surface area contributed by atoms with Crippen molar-refractivity contribution in [3.63, 3.8) is 0 Å². The summed E-state index contributed by atoms with van der Waals surface area (Å²) < 4.78 is -1.23. The van der Waals surface area contributed by atoms with Crippen molar-refractivity contribution < 1.29 is 0 Å². The Bertz CT molecular complexity index is 1200. The monoisotopic (exact) mass is 501 g/mol. The highest BCUT2D eigenvalue weighted by molar-refractivity contribution is 7.60. The Morgan fingerprint density at radius 1 is 0.389 bits per heavy atom. The summed E-state index contributed by atoms with van der Waals surface area (Å²) in [6.45, 7) is 0. The summed E-state index contributed by atoms with van der Waals surface area (Å²) in [5.41, 5.74) is 6.34. The molecule has 0 N–H and O–H groups in total. The van der Waals surface area contributed by atoms with Crippen LogP contribution in [-0.2, 0) is 47.6 Å². The fraction of sp³-hybridized carbons (Fsp3) is 0.121. The maximum atomic E-state index is 6.36. The summed E-state index contributed by atoms with van der Waals surface area (Å²) in [4.78, 5) is 5.11. The van der Waals surface area contributed by atoms with E-state index in [-0.39, 0.29) is 0 Å². The normalized spacial score (nSPS) is 11.8. The van der Waals surface area contributed by atoms with Crippen LogP contribution in [-0.4, -0.2) is 4.98 Å². The number of rotatable bonds is 8. The molecule has 1 aromatic heterocycles. The fourth-order valence-electron chi connectivity index (χ4n) is 4.81. The quantitative estimate of drug-likeness (QED) is 0.210. The van der Waals surface area contributed by atoms with E-state index in [2.05, 4.69) is 115 Å². The lowest BCUT2D eigenvalue weighted by atomic mass is 9.85. The molecule has 0 radical (unpaired) electrons. The molecule has 178 valence electrons. The Kier molecular flexibility index (Phi) is 7.31. The van der Waals surface area contributed by atoms with Gasteiger partial charge < -0.3 is 25.3 Å². The van der Waals surface area contributed by atoms with Gasteiger partial charge >= 0.3 is 0 Å². The number of nitrogens with zero attached hydrogens (tertiary/aromatic N) is 1. The van der Waals surface area contributed by atoms with E-state index in [9.17, 15) is 0 Å².